The lowest BCUT2D eigenvalue weighted by molar-refractivity contribution is -0.121. The maximum Gasteiger partial charge on any atom is 0.220 e. The smallest absolute Gasteiger partial charge is 0.220 e. The minimum atomic E-state index is 0.210. The van der Waals surface area contributed by atoms with E-state index in [1.165, 1.54) is 38.6 Å². The maximum atomic E-state index is 11.9. The first-order valence-corrected chi connectivity index (χ1v) is 7.61. The minimum absolute atomic E-state index is 0.210. The number of methoxy groups -OCH3 is 1. The number of piperidine rings is 1. The molecular formula is C15H28N2O2. The van der Waals surface area contributed by atoms with Gasteiger partial charge in [0.15, 0.2) is 0 Å². The summed E-state index contributed by atoms with van der Waals surface area (Å²) in [6, 6.07) is 0.605. The predicted octanol–water partition coefficient (Wildman–Crippen LogP) is 1.79. The van der Waals surface area contributed by atoms with Gasteiger partial charge in [-0.1, -0.05) is 6.42 Å². The number of hydrogen-bond acceptors (Lipinski definition) is 3. The van der Waals surface area contributed by atoms with E-state index in [4.69, 9.17) is 4.74 Å². The van der Waals surface area contributed by atoms with Crippen LogP contribution >= 0.6 is 0 Å². The van der Waals surface area contributed by atoms with Crippen LogP contribution in [0.25, 0.3) is 0 Å². The van der Waals surface area contributed by atoms with Crippen LogP contribution in [-0.4, -0.2) is 50.7 Å². The summed E-state index contributed by atoms with van der Waals surface area (Å²) in [5.74, 6) is 0.210. The molecule has 0 bridgehead atoms. The van der Waals surface area contributed by atoms with E-state index in [0.29, 0.717) is 12.5 Å². The molecule has 110 valence electrons. The number of carbonyl (C=O) groups excluding carboxylic acids is 1. The third-order valence-corrected chi connectivity index (χ3v) is 4.69. The molecule has 1 amide bonds. The van der Waals surface area contributed by atoms with Gasteiger partial charge in [0.2, 0.25) is 5.91 Å². The first-order chi connectivity index (χ1) is 9.15. The summed E-state index contributed by atoms with van der Waals surface area (Å²) in [4.78, 5) is 14.3. The molecule has 0 radical (unpaired) electrons. The van der Waals surface area contributed by atoms with Crippen LogP contribution in [0.4, 0.5) is 0 Å². The molecule has 0 unspecified atom stereocenters. The normalized spacial score (nSPS) is 26.1. The second-order valence-corrected chi connectivity index (χ2v) is 6.38. The Morgan fingerprint density at radius 1 is 1.42 bits per heavy atom. The summed E-state index contributed by atoms with van der Waals surface area (Å²) in [6.07, 6.45) is 7.90. The molecular weight excluding hydrogens is 240 g/mol. The lowest BCUT2D eigenvalue weighted by Crippen LogP contribution is -2.38. The molecule has 1 atom stereocenters. The average molecular weight is 268 g/mol. The Labute approximate surface area is 116 Å². The molecule has 2 aliphatic rings. The number of rotatable bonds is 7. The van der Waals surface area contributed by atoms with Crippen LogP contribution < -0.4 is 5.32 Å². The SMILES string of the molecule is COCC1(CNC(=O)CC[C@H]2CCCCN2C)CC1. The molecule has 1 aliphatic heterocycles. The maximum absolute atomic E-state index is 11.9. The van der Waals surface area contributed by atoms with Gasteiger partial charge >= 0.3 is 0 Å². The van der Waals surface area contributed by atoms with Gasteiger partial charge in [-0.3, -0.25) is 4.79 Å². The zero-order valence-electron chi connectivity index (χ0n) is 12.4. The van der Waals surface area contributed by atoms with Crippen LogP contribution in [0.2, 0.25) is 0 Å². The lowest BCUT2D eigenvalue weighted by Gasteiger charge is -2.32. The van der Waals surface area contributed by atoms with E-state index in [2.05, 4.69) is 17.3 Å². The summed E-state index contributed by atoms with van der Waals surface area (Å²) < 4.78 is 5.21. The molecule has 19 heavy (non-hydrogen) atoms. The summed E-state index contributed by atoms with van der Waals surface area (Å²) in [7, 11) is 3.92. The highest BCUT2D eigenvalue weighted by molar-refractivity contribution is 5.76. The zero-order chi connectivity index (χ0) is 13.7. The molecule has 1 saturated carbocycles. The van der Waals surface area contributed by atoms with Gasteiger partial charge in [-0.05, 0) is 45.7 Å². The van der Waals surface area contributed by atoms with Gasteiger partial charge in [0.25, 0.3) is 0 Å². The molecule has 0 spiro atoms. The van der Waals surface area contributed by atoms with Gasteiger partial charge in [0.1, 0.15) is 0 Å². The Morgan fingerprint density at radius 2 is 2.21 bits per heavy atom. The molecule has 4 nitrogen and oxygen atoms in total. The fourth-order valence-corrected chi connectivity index (χ4v) is 3.04. The third-order valence-electron chi connectivity index (χ3n) is 4.69. The standard InChI is InChI=1S/C15H28N2O2/c1-17-10-4-3-5-13(17)6-7-14(18)16-11-15(8-9-15)12-19-2/h13H,3-12H2,1-2H3,(H,16,18)/t13-/m1/s1. The Balaban J connectivity index is 1.62. The Kier molecular flexibility index (Phi) is 5.22. The fourth-order valence-electron chi connectivity index (χ4n) is 3.04. The van der Waals surface area contributed by atoms with E-state index in [1.807, 2.05) is 0 Å². The Morgan fingerprint density at radius 3 is 2.84 bits per heavy atom. The van der Waals surface area contributed by atoms with Gasteiger partial charge in [0.05, 0.1) is 6.61 Å². The number of nitrogens with one attached hydrogen (secondary N) is 1. The van der Waals surface area contributed by atoms with E-state index in [9.17, 15) is 4.79 Å². The summed E-state index contributed by atoms with van der Waals surface area (Å²) in [5.41, 5.74) is 0.256. The van der Waals surface area contributed by atoms with Crippen molar-refractivity contribution in [3.8, 4) is 0 Å². The number of carbonyl (C=O) groups is 1. The molecule has 0 aromatic rings. The average Bonchev–Trinajstić information content (AvgIpc) is 3.16. The first kappa shape index (κ1) is 14.8. The molecule has 2 rings (SSSR count). The van der Waals surface area contributed by atoms with E-state index >= 15 is 0 Å². The third kappa shape index (κ3) is 4.46. The molecule has 4 heteroatoms. The van der Waals surface area contributed by atoms with Crippen LogP contribution in [0.1, 0.15) is 44.9 Å². The van der Waals surface area contributed by atoms with E-state index < -0.39 is 0 Å². The summed E-state index contributed by atoms with van der Waals surface area (Å²) >= 11 is 0. The molecule has 0 aromatic carbocycles. The van der Waals surface area contributed by atoms with Crippen LogP contribution in [0.3, 0.4) is 0 Å². The highest BCUT2D eigenvalue weighted by Crippen LogP contribution is 2.45. The first-order valence-electron chi connectivity index (χ1n) is 7.61. The van der Waals surface area contributed by atoms with Crippen molar-refractivity contribution >= 4 is 5.91 Å². The van der Waals surface area contributed by atoms with Crippen molar-refractivity contribution in [3.05, 3.63) is 0 Å². The van der Waals surface area contributed by atoms with Gasteiger partial charge in [-0.2, -0.15) is 0 Å². The fraction of sp³-hybridized carbons (Fsp3) is 0.933. The van der Waals surface area contributed by atoms with Crippen molar-refractivity contribution in [2.45, 2.75) is 51.0 Å². The molecule has 2 fully saturated rings. The summed E-state index contributed by atoms with van der Waals surface area (Å²) in [5, 5.41) is 3.09. The Hall–Kier alpha value is -0.610. The Bertz CT molecular complexity index is 303. The largest absolute Gasteiger partial charge is 0.384 e. The van der Waals surface area contributed by atoms with E-state index in [1.54, 1.807) is 7.11 Å². The monoisotopic (exact) mass is 268 g/mol. The number of ether oxygens (including phenoxy) is 1. The van der Waals surface area contributed by atoms with Crippen LogP contribution in [-0.2, 0) is 9.53 Å². The number of hydrogen-bond donors (Lipinski definition) is 1. The van der Waals surface area contributed by atoms with Crippen molar-refractivity contribution in [1.82, 2.24) is 10.2 Å². The van der Waals surface area contributed by atoms with Crippen molar-refractivity contribution < 1.29 is 9.53 Å². The predicted molar refractivity (Wildman–Crippen MR) is 76.1 cm³/mol. The molecule has 1 saturated heterocycles. The molecule has 1 N–H and O–H groups in total. The van der Waals surface area contributed by atoms with Crippen molar-refractivity contribution in [3.63, 3.8) is 0 Å². The van der Waals surface area contributed by atoms with Gasteiger partial charge in [0, 0.05) is 31.5 Å². The summed E-state index contributed by atoms with van der Waals surface area (Å²) in [6.45, 7) is 2.75. The van der Waals surface area contributed by atoms with E-state index in [-0.39, 0.29) is 11.3 Å². The number of nitrogens with zero attached hydrogens (tertiary/aromatic N) is 1. The van der Waals surface area contributed by atoms with Crippen LogP contribution in [0.15, 0.2) is 0 Å². The number of amides is 1. The van der Waals surface area contributed by atoms with Gasteiger partial charge in [-0.25, -0.2) is 0 Å². The minimum Gasteiger partial charge on any atom is -0.384 e. The molecule has 0 aromatic heterocycles. The van der Waals surface area contributed by atoms with Crippen molar-refractivity contribution in [1.29, 1.82) is 0 Å². The second-order valence-electron chi connectivity index (χ2n) is 6.38. The second kappa shape index (κ2) is 6.71. The molecule has 1 heterocycles. The van der Waals surface area contributed by atoms with Crippen molar-refractivity contribution in [2.75, 3.05) is 33.9 Å². The van der Waals surface area contributed by atoms with E-state index in [0.717, 1.165) is 19.6 Å². The quantitative estimate of drug-likeness (QED) is 0.765. The highest BCUT2D eigenvalue weighted by atomic mass is 16.5. The van der Waals surface area contributed by atoms with Crippen LogP contribution in [0.5, 0.6) is 0 Å². The van der Waals surface area contributed by atoms with Gasteiger partial charge in [-0.15, -0.1) is 0 Å². The number of likely N-dealkylation sites (tertiary alicyclic amines) is 1. The molecule has 1 aliphatic carbocycles. The topological polar surface area (TPSA) is 41.6 Å². The van der Waals surface area contributed by atoms with Crippen molar-refractivity contribution in [2.24, 2.45) is 5.41 Å². The highest BCUT2D eigenvalue weighted by Gasteiger charge is 2.42. The van der Waals surface area contributed by atoms with Crippen LogP contribution in [0, 0.1) is 5.41 Å². The lowest BCUT2D eigenvalue weighted by atomic mass is 9.98. The zero-order valence-corrected chi connectivity index (χ0v) is 12.4. The van der Waals surface area contributed by atoms with Gasteiger partial charge < -0.3 is 15.0 Å².